The highest BCUT2D eigenvalue weighted by molar-refractivity contribution is 5.79. The van der Waals surface area contributed by atoms with Crippen LogP contribution in [0.2, 0.25) is 0 Å². The summed E-state index contributed by atoms with van der Waals surface area (Å²) in [6.45, 7) is 4.67. The highest BCUT2D eigenvalue weighted by atomic mass is 16.3. The molecule has 0 aliphatic carbocycles. The van der Waals surface area contributed by atoms with Gasteiger partial charge in [-0.15, -0.1) is 0 Å². The van der Waals surface area contributed by atoms with Crippen molar-refractivity contribution in [1.82, 2.24) is 15.1 Å². The van der Waals surface area contributed by atoms with Crippen molar-refractivity contribution in [2.24, 2.45) is 5.92 Å². The Bertz CT molecular complexity index is 325. The zero-order valence-electron chi connectivity index (χ0n) is 10.5. The summed E-state index contributed by atoms with van der Waals surface area (Å²) in [6, 6.07) is 1.52. The van der Waals surface area contributed by atoms with Crippen LogP contribution in [0.25, 0.3) is 0 Å². The van der Waals surface area contributed by atoms with Crippen molar-refractivity contribution < 1.29 is 9.90 Å². The smallest absolute Gasteiger partial charge is 0.244 e. The van der Waals surface area contributed by atoms with Gasteiger partial charge in [0.2, 0.25) is 5.91 Å². The van der Waals surface area contributed by atoms with Crippen molar-refractivity contribution in [2.45, 2.75) is 32.7 Å². The van der Waals surface area contributed by atoms with Crippen molar-refractivity contribution >= 4 is 5.91 Å². The Kier molecular flexibility index (Phi) is 5.69. The Morgan fingerprint density at radius 1 is 1.53 bits per heavy atom. The molecule has 1 rings (SSSR count). The molecule has 0 spiro atoms. The molecule has 0 fully saturated rings. The third kappa shape index (κ3) is 4.56. The number of nitrogens with zero attached hydrogens (tertiary/aromatic N) is 2. The summed E-state index contributed by atoms with van der Waals surface area (Å²) in [5, 5.41) is 15.8. The van der Waals surface area contributed by atoms with Gasteiger partial charge in [0.05, 0.1) is 0 Å². The van der Waals surface area contributed by atoms with Gasteiger partial charge in [0, 0.05) is 25.5 Å². The Morgan fingerprint density at radius 3 is 2.88 bits per heavy atom. The average Bonchev–Trinajstić information content (AvgIpc) is 2.86. The van der Waals surface area contributed by atoms with E-state index in [1.54, 1.807) is 23.1 Å². The van der Waals surface area contributed by atoms with Crippen LogP contribution in [-0.2, 0) is 4.79 Å². The fourth-order valence-corrected chi connectivity index (χ4v) is 1.53. The van der Waals surface area contributed by atoms with Crippen LogP contribution < -0.4 is 5.32 Å². The van der Waals surface area contributed by atoms with Gasteiger partial charge in [-0.2, -0.15) is 5.10 Å². The van der Waals surface area contributed by atoms with E-state index in [0.29, 0.717) is 12.5 Å². The van der Waals surface area contributed by atoms with E-state index in [2.05, 4.69) is 10.4 Å². The Morgan fingerprint density at radius 2 is 2.29 bits per heavy atom. The van der Waals surface area contributed by atoms with E-state index in [9.17, 15) is 4.79 Å². The second kappa shape index (κ2) is 7.06. The number of aromatic nitrogens is 2. The Labute approximate surface area is 102 Å². The van der Waals surface area contributed by atoms with Crippen LogP contribution in [0.15, 0.2) is 18.5 Å². The van der Waals surface area contributed by atoms with E-state index in [-0.39, 0.29) is 18.6 Å². The number of hydrogen-bond donors (Lipinski definition) is 2. The number of amides is 1. The summed E-state index contributed by atoms with van der Waals surface area (Å²) in [7, 11) is 0. The van der Waals surface area contributed by atoms with Crippen LogP contribution in [0.1, 0.15) is 32.7 Å². The van der Waals surface area contributed by atoms with Crippen LogP contribution in [-0.4, -0.2) is 33.9 Å². The molecular formula is C12H21N3O2. The summed E-state index contributed by atoms with van der Waals surface area (Å²) in [6.07, 6.45) is 5.25. The van der Waals surface area contributed by atoms with E-state index in [1.165, 1.54) is 0 Å². The monoisotopic (exact) mass is 239 g/mol. The summed E-state index contributed by atoms with van der Waals surface area (Å²) in [4.78, 5) is 11.7. The zero-order chi connectivity index (χ0) is 12.7. The van der Waals surface area contributed by atoms with Crippen molar-refractivity contribution in [3.05, 3.63) is 18.5 Å². The number of hydrogen-bond acceptors (Lipinski definition) is 3. The van der Waals surface area contributed by atoms with Gasteiger partial charge in [-0.25, -0.2) is 0 Å². The molecule has 5 nitrogen and oxygen atoms in total. The highest BCUT2D eigenvalue weighted by Gasteiger charge is 2.13. The number of carbonyl (C=O) groups excluding carboxylic acids is 1. The zero-order valence-corrected chi connectivity index (χ0v) is 10.5. The lowest BCUT2D eigenvalue weighted by Gasteiger charge is -2.13. The SMILES string of the molecule is CC(CO)CCCNC(=O)C(C)n1cccn1. The lowest BCUT2D eigenvalue weighted by atomic mass is 10.1. The van der Waals surface area contributed by atoms with Crippen molar-refractivity contribution in [1.29, 1.82) is 0 Å². The lowest BCUT2D eigenvalue weighted by Crippen LogP contribution is -2.32. The third-order valence-electron chi connectivity index (χ3n) is 2.79. The fraction of sp³-hybridized carbons (Fsp3) is 0.667. The molecule has 17 heavy (non-hydrogen) atoms. The van der Waals surface area contributed by atoms with E-state index in [0.717, 1.165) is 12.8 Å². The predicted octanol–water partition coefficient (Wildman–Crippen LogP) is 0.969. The molecule has 2 atom stereocenters. The first kappa shape index (κ1) is 13.7. The van der Waals surface area contributed by atoms with Gasteiger partial charge in [0.15, 0.2) is 0 Å². The standard InChI is InChI=1S/C12H21N3O2/c1-10(9-16)5-3-6-13-12(17)11(2)15-8-4-7-14-15/h4,7-8,10-11,16H,3,5-6,9H2,1-2H3,(H,13,17). The number of aliphatic hydroxyl groups excluding tert-OH is 1. The molecular weight excluding hydrogens is 218 g/mol. The lowest BCUT2D eigenvalue weighted by molar-refractivity contribution is -0.124. The molecule has 5 heteroatoms. The summed E-state index contributed by atoms with van der Waals surface area (Å²) in [5.74, 6) is 0.279. The molecule has 0 aliphatic rings. The van der Waals surface area contributed by atoms with Gasteiger partial charge < -0.3 is 10.4 Å². The maximum absolute atomic E-state index is 11.7. The van der Waals surface area contributed by atoms with Gasteiger partial charge >= 0.3 is 0 Å². The topological polar surface area (TPSA) is 67.2 Å². The van der Waals surface area contributed by atoms with Crippen LogP contribution in [0.4, 0.5) is 0 Å². The second-order valence-corrected chi connectivity index (χ2v) is 4.38. The van der Waals surface area contributed by atoms with Crippen molar-refractivity contribution in [2.75, 3.05) is 13.2 Å². The van der Waals surface area contributed by atoms with Crippen molar-refractivity contribution in [3.8, 4) is 0 Å². The first-order valence-corrected chi connectivity index (χ1v) is 6.03. The summed E-state index contributed by atoms with van der Waals surface area (Å²) >= 11 is 0. The van der Waals surface area contributed by atoms with Gasteiger partial charge in [-0.1, -0.05) is 6.92 Å². The molecule has 1 amide bonds. The van der Waals surface area contributed by atoms with Crippen LogP contribution >= 0.6 is 0 Å². The third-order valence-corrected chi connectivity index (χ3v) is 2.79. The second-order valence-electron chi connectivity index (χ2n) is 4.38. The molecule has 0 saturated carbocycles. The molecule has 0 saturated heterocycles. The summed E-state index contributed by atoms with van der Waals surface area (Å²) in [5.41, 5.74) is 0. The van der Waals surface area contributed by atoms with E-state index in [4.69, 9.17) is 5.11 Å². The van der Waals surface area contributed by atoms with E-state index >= 15 is 0 Å². The molecule has 0 aromatic carbocycles. The average molecular weight is 239 g/mol. The molecule has 0 bridgehead atoms. The molecule has 1 heterocycles. The highest BCUT2D eigenvalue weighted by Crippen LogP contribution is 2.05. The molecule has 2 unspecified atom stereocenters. The number of rotatable bonds is 7. The van der Waals surface area contributed by atoms with Crippen LogP contribution in [0.5, 0.6) is 0 Å². The van der Waals surface area contributed by atoms with Crippen LogP contribution in [0.3, 0.4) is 0 Å². The summed E-state index contributed by atoms with van der Waals surface area (Å²) < 4.78 is 1.63. The fourth-order valence-electron chi connectivity index (χ4n) is 1.53. The first-order valence-electron chi connectivity index (χ1n) is 6.03. The molecule has 1 aromatic heterocycles. The molecule has 2 N–H and O–H groups in total. The molecule has 0 radical (unpaired) electrons. The van der Waals surface area contributed by atoms with E-state index in [1.807, 2.05) is 13.8 Å². The van der Waals surface area contributed by atoms with Gasteiger partial charge in [0.25, 0.3) is 0 Å². The molecule has 0 aliphatic heterocycles. The largest absolute Gasteiger partial charge is 0.396 e. The first-order chi connectivity index (χ1) is 8.15. The minimum atomic E-state index is -0.278. The van der Waals surface area contributed by atoms with Gasteiger partial charge in [-0.05, 0) is 31.7 Å². The number of nitrogens with one attached hydrogen (secondary N) is 1. The van der Waals surface area contributed by atoms with Gasteiger partial charge in [0.1, 0.15) is 6.04 Å². The van der Waals surface area contributed by atoms with Crippen molar-refractivity contribution in [3.63, 3.8) is 0 Å². The quantitative estimate of drug-likeness (QED) is 0.697. The maximum Gasteiger partial charge on any atom is 0.244 e. The maximum atomic E-state index is 11.7. The Balaban J connectivity index is 2.21. The van der Waals surface area contributed by atoms with Crippen LogP contribution in [0, 0.1) is 5.92 Å². The Hall–Kier alpha value is -1.36. The van der Waals surface area contributed by atoms with Gasteiger partial charge in [-0.3, -0.25) is 9.48 Å². The molecule has 1 aromatic rings. The normalized spacial score (nSPS) is 14.3. The van der Waals surface area contributed by atoms with E-state index < -0.39 is 0 Å². The minimum absolute atomic E-state index is 0.0228. The number of aliphatic hydroxyl groups is 1. The molecule has 96 valence electrons. The number of carbonyl (C=O) groups is 1. The minimum Gasteiger partial charge on any atom is -0.396 e. The predicted molar refractivity (Wildman–Crippen MR) is 65.4 cm³/mol.